The molecule has 0 bridgehead atoms. The van der Waals surface area contributed by atoms with Crippen LogP contribution in [-0.4, -0.2) is 0 Å². The van der Waals surface area contributed by atoms with E-state index in [4.69, 9.17) is 6.42 Å². The molecule has 0 aliphatic carbocycles. The van der Waals surface area contributed by atoms with E-state index in [1.807, 2.05) is 18.2 Å². The van der Waals surface area contributed by atoms with Gasteiger partial charge in [0, 0.05) is 5.56 Å². The molecule has 0 heteroatoms. The van der Waals surface area contributed by atoms with Crippen LogP contribution in [0, 0.1) is 12.3 Å². The Labute approximate surface area is 138 Å². The van der Waals surface area contributed by atoms with E-state index < -0.39 is 0 Å². The SMILES string of the molecule is C#Cc1c(-c2ccccc2)cccc1-c1ccc(CCC)cc1. The summed E-state index contributed by atoms with van der Waals surface area (Å²) >= 11 is 0. The van der Waals surface area contributed by atoms with Gasteiger partial charge in [-0.1, -0.05) is 92.1 Å². The Hall–Kier alpha value is -2.78. The van der Waals surface area contributed by atoms with Crippen molar-refractivity contribution in [3.63, 3.8) is 0 Å². The highest BCUT2D eigenvalue weighted by molar-refractivity contribution is 5.82. The van der Waals surface area contributed by atoms with Crippen LogP contribution in [0.25, 0.3) is 22.3 Å². The zero-order valence-corrected chi connectivity index (χ0v) is 13.4. The molecule has 0 heterocycles. The predicted molar refractivity (Wildman–Crippen MR) is 99.2 cm³/mol. The lowest BCUT2D eigenvalue weighted by atomic mass is 9.91. The van der Waals surface area contributed by atoms with Crippen molar-refractivity contribution >= 4 is 0 Å². The van der Waals surface area contributed by atoms with Crippen LogP contribution in [0.5, 0.6) is 0 Å². The zero-order valence-electron chi connectivity index (χ0n) is 13.4. The molecule has 0 N–H and O–H groups in total. The second kappa shape index (κ2) is 6.99. The first-order valence-electron chi connectivity index (χ1n) is 8.08. The van der Waals surface area contributed by atoms with Gasteiger partial charge in [0.2, 0.25) is 0 Å². The molecule has 0 unspecified atom stereocenters. The maximum absolute atomic E-state index is 5.85. The fourth-order valence-electron chi connectivity index (χ4n) is 2.95. The van der Waals surface area contributed by atoms with E-state index in [-0.39, 0.29) is 0 Å². The third-order valence-electron chi connectivity index (χ3n) is 4.10. The molecule has 0 saturated carbocycles. The first-order chi connectivity index (χ1) is 11.3. The van der Waals surface area contributed by atoms with Crippen molar-refractivity contribution in [2.75, 3.05) is 0 Å². The van der Waals surface area contributed by atoms with Crippen LogP contribution in [0.3, 0.4) is 0 Å². The smallest absolute Gasteiger partial charge is 0.0399 e. The molecule has 0 atom stereocenters. The Morgan fingerprint density at radius 3 is 1.91 bits per heavy atom. The Morgan fingerprint density at radius 1 is 0.739 bits per heavy atom. The molecule has 0 amide bonds. The third kappa shape index (κ3) is 3.20. The van der Waals surface area contributed by atoms with Crippen LogP contribution in [0.2, 0.25) is 0 Å². The summed E-state index contributed by atoms with van der Waals surface area (Å²) in [6, 6.07) is 25.4. The molecule has 0 aromatic heterocycles. The summed E-state index contributed by atoms with van der Waals surface area (Å²) < 4.78 is 0. The zero-order chi connectivity index (χ0) is 16.1. The number of benzene rings is 3. The van der Waals surface area contributed by atoms with Crippen LogP contribution < -0.4 is 0 Å². The van der Waals surface area contributed by atoms with Gasteiger partial charge in [-0.05, 0) is 34.2 Å². The van der Waals surface area contributed by atoms with Crippen molar-refractivity contribution < 1.29 is 0 Å². The first-order valence-corrected chi connectivity index (χ1v) is 8.08. The maximum atomic E-state index is 5.85. The Balaban J connectivity index is 2.08. The van der Waals surface area contributed by atoms with Gasteiger partial charge < -0.3 is 0 Å². The second-order valence-corrected chi connectivity index (χ2v) is 5.69. The van der Waals surface area contributed by atoms with Gasteiger partial charge >= 0.3 is 0 Å². The number of rotatable bonds is 4. The molecule has 0 nitrogen and oxygen atoms in total. The van der Waals surface area contributed by atoms with Crippen molar-refractivity contribution in [1.29, 1.82) is 0 Å². The number of aryl methyl sites for hydroxylation is 1. The molecule has 3 aromatic rings. The molecule has 0 radical (unpaired) electrons. The van der Waals surface area contributed by atoms with Gasteiger partial charge in [0.25, 0.3) is 0 Å². The van der Waals surface area contributed by atoms with Gasteiger partial charge in [0.05, 0.1) is 0 Å². The lowest BCUT2D eigenvalue weighted by Crippen LogP contribution is -1.90. The minimum absolute atomic E-state index is 0.960. The number of hydrogen-bond donors (Lipinski definition) is 0. The van der Waals surface area contributed by atoms with Crippen molar-refractivity contribution in [1.82, 2.24) is 0 Å². The van der Waals surface area contributed by atoms with Gasteiger partial charge in [0.1, 0.15) is 0 Å². The van der Waals surface area contributed by atoms with E-state index in [2.05, 4.69) is 67.4 Å². The highest BCUT2D eigenvalue weighted by Crippen LogP contribution is 2.32. The summed E-state index contributed by atoms with van der Waals surface area (Å²) in [4.78, 5) is 0. The van der Waals surface area contributed by atoms with Crippen molar-refractivity contribution in [2.45, 2.75) is 19.8 Å². The van der Waals surface area contributed by atoms with E-state index >= 15 is 0 Å². The lowest BCUT2D eigenvalue weighted by Gasteiger charge is -2.11. The summed E-state index contributed by atoms with van der Waals surface area (Å²) in [5, 5.41) is 0. The average molecular weight is 296 g/mol. The van der Waals surface area contributed by atoms with Gasteiger partial charge in [-0.2, -0.15) is 0 Å². The van der Waals surface area contributed by atoms with E-state index in [1.54, 1.807) is 0 Å². The van der Waals surface area contributed by atoms with Crippen molar-refractivity contribution in [2.24, 2.45) is 0 Å². The van der Waals surface area contributed by atoms with Gasteiger partial charge in [-0.25, -0.2) is 0 Å². The first kappa shape index (κ1) is 15.1. The monoisotopic (exact) mass is 296 g/mol. The largest absolute Gasteiger partial charge is 0.115 e. The highest BCUT2D eigenvalue weighted by atomic mass is 14.1. The number of hydrogen-bond acceptors (Lipinski definition) is 0. The summed E-state index contributed by atoms with van der Waals surface area (Å²) in [5.41, 5.74) is 6.90. The van der Waals surface area contributed by atoms with Gasteiger partial charge in [-0.15, -0.1) is 6.42 Å². The minimum atomic E-state index is 0.960. The van der Waals surface area contributed by atoms with Crippen LogP contribution in [0.4, 0.5) is 0 Å². The summed E-state index contributed by atoms with van der Waals surface area (Å²) in [6.45, 7) is 2.20. The van der Waals surface area contributed by atoms with E-state index in [0.717, 1.165) is 28.7 Å². The van der Waals surface area contributed by atoms with Crippen LogP contribution in [0.1, 0.15) is 24.5 Å². The van der Waals surface area contributed by atoms with Crippen LogP contribution in [0.15, 0.2) is 72.8 Å². The lowest BCUT2D eigenvalue weighted by molar-refractivity contribution is 0.922. The second-order valence-electron chi connectivity index (χ2n) is 5.69. The van der Waals surface area contributed by atoms with Crippen LogP contribution >= 0.6 is 0 Å². The Kier molecular flexibility index (Phi) is 4.60. The predicted octanol–water partition coefficient (Wildman–Crippen LogP) is 5.95. The van der Waals surface area contributed by atoms with E-state index in [1.165, 1.54) is 17.5 Å². The Bertz CT molecular complexity index is 818. The molecule has 3 rings (SSSR count). The van der Waals surface area contributed by atoms with Gasteiger partial charge in [0.15, 0.2) is 0 Å². The van der Waals surface area contributed by atoms with E-state index in [0.29, 0.717) is 0 Å². The fraction of sp³-hybridized carbons (Fsp3) is 0.130. The molecule has 0 aliphatic heterocycles. The molecule has 3 aromatic carbocycles. The summed E-state index contributed by atoms with van der Waals surface area (Å²) in [6.07, 6.45) is 8.14. The number of terminal acetylenes is 1. The quantitative estimate of drug-likeness (QED) is 0.521. The third-order valence-corrected chi connectivity index (χ3v) is 4.10. The minimum Gasteiger partial charge on any atom is -0.115 e. The molecular weight excluding hydrogens is 276 g/mol. The molecule has 112 valence electrons. The van der Waals surface area contributed by atoms with Gasteiger partial charge in [-0.3, -0.25) is 0 Å². The normalized spacial score (nSPS) is 10.3. The average Bonchev–Trinajstić information content (AvgIpc) is 2.63. The standard InChI is InChI=1S/C23H20/c1-3-9-18-14-16-20(17-15-18)23-13-8-12-22(21(23)4-2)19-10-6-5-7-11-19/h2,5-8,10-17H,3,9H2,1H3. The molecule has 0 aliphatic rings. The maximum Gasteiger partial charge on any atom is 0.0399 e. The van der Waals surface area contributed by atoms with E-state index in [9.17, 15) is 0 Å². The van der Waals surface area contributed by atoms with Crippen LogP contribution in [-0.2, 0) is 6.42 Å². The molecule has 0 spiro atoms. The molecule has 0 fully saturated rings. The molecular formula is C23H20. The molecule has 0 saturated heterocycles. The van der Waals surface area contributed by atoms with Crippen molar-refractivity contribution in [3.8, 4) is 34.6 Å². The topological polar surface area (TPSA) is 0 Å². The highest BCUT2D eigenvalue weighted by Gasteiger charge is 2.09. The summed E-state index contributed by atoms with van der Waals surface area (Å²) in [7, 11) is 0. The molecule has 23 heavy (non-hydrogen) atoms. The Morgan fingerprint density at radius 2 is 1.35 bits per heavy atom. The summed E-state index contributed by atoms with van der Waals surface area (Å²) in [5.74, 6) is 2.90. The fourth-order valence-corrected chi connectivity index (χ4v) is 2.95. The van der Waals surface area contributed by atoms with Crippen molar-refractivity contribution in [3.05, 3.63) is 83.9 Å².